The van der Waals surface area contributed by atoms with E-state index >= 15 is 0 Å². The predicted molar refractivity (Wildman–Crippen MR) is 245 cm³/mol. The summed E-state index contributed by atoms with van der Waals surface area (Å²) in [4.78, 5) is 110. The van der Waals surface area contributed by atoms with Crippen LogP contribution in [0.2, 0.25) is 0 Å². The van der Waals surface area contributed by atoms with E-state index in [-0.39, 0.29) is 97.0 Å². The van der Waals surface area contributed by atoms with Crippen molar-refractivity contribution in [1.29, 1.82) is 0 Å². The number of ketones is 1. The van der Waals surface area contributed by atoms with E-state index in [2.05, 4.69) is 21.3 Å². The highest BCUT2D eigenvalue weighted by Crippen LogP contribution is 2.32. The Bertz CT molecular complexity index is 1910. The molecule has 11 unspecified atom stereocenters. The third kappa shape index (κ3) is 22.1. The lowest BCUT2D eigenvalue weighted by Crippen LogP contribution is -2.63. The Balaban J connectivity index is 1.46. The Kier molecular flexibility index (Phi) is 26.6. The SMILES string of the molecule is CC(=O)NC1C(OCCOCCNC(=O)C(CCC(=O)NCCOCCOC2OC(COC(C)=O)C(OC(C)=O)C(OC(C)=O)C2C)NCC(=O)c2ccccc2)OC(COC(C)=O)C(C)C1OC(C)=O. The summed E-state index contributed by atoms with van der Waals surface area (Å²) in [5, 5.41) is 11.2. The summed E-state index contributed by atoms with van der Waals surface area (Å²) in [7, 11) is 0. The summed E-state index contributed by atoms with van der Waals surface area (Å²) >= 11 is 0. The van der Waals surface area contributed by atoms with Crippen LogP contribution in [0.15, 0.2) is 30.3 Å². The van der Waals surface area contributed by atoms with E-state index < -0.39 is 109 Å². The van der Waals surface area contributed by atoms with E-state index in [1.54, 1.807) is 44.2 Å². The van der Waals surface area contributed by atoms with Gasteiger partial charge in [-0.1, -0.05) is 44.2 Å². The van der Waals surface area contributed by atoms with Crippen LogP contribution >= 0.6 is 0 Å². The van der Waals surface area contributed by atoms with Crippen LogP contribution in [0.5, 0.6) is 0 Å². The number of hydrogen-bond acceptors (Lipinski definition) is 21. The zero-order valence-corrected chi connectivity index (χ0v) is 41.6. The maximum absolute atomic E-state index is 13.4. The lowest BCUT2D eigenvalue weighted by atomic mass is 9.89. The zero-order chi connectivity index (χ0) is 52.5. The van der Waals surface area contributed by atoms with Crippen molar-refractivity contribution in [2.45, 2.75) is 123 Å². The number of esters is 5. The van der Waals surface area contributed by atoms with E-state index in [0.717, 1.165) is 0 Å². The van der Waals surface area contributed by atoms with Gasteiger partial charge in [0.15, 0.2) is 24.5 Å². The topological polar surface area (TPSA) is 303 Å². The molecule has 0 spiro atoms. The molecule has 2 heterocycles. The Hall–Kier alpha value is -5.63. The second-order valence-electron chi connectivity index (χ2n) is 16.7. The first-order valence-electron chi connectivity index (χ1n) is 23.4. The van der Waals surface area contributed by atoms with Crippen molar-refractivity contribution in [3.63, 3.8) is 0 Å². The van der Waals surface area contributed by atoms with Gasteiger partial charge < -0.3 is 68.1 Å². The van der Waals surface area contributed by atoms with Crippen LogP contribution in [0, 0.1) is 11.8 Å². The van der Waals surface area contributed by atoms with Crippen LogP contribution < -0.4 is 21.3 Å². The van der Waals surface area contributed by atoms with Gasteiger partial charge in [0.05, 0.1) is 52.2 Å². The summed E-state index contributed by atoms with van der Waals surface area (Å²) in [5.41, 5.74) is 0.444. The highest BCUT2D eigenvalue weighted by atomic mass is 16.7. The molecule has 2 fully saturated rings. The predicted octanol–water partition coefficient (Wildman–Crippen LogP) is 0.0545. The summed E-state index contributed by atoms with van der Waals surface area (Å²) in [5.74, 6) is -5.60. The van der Waals surface area contributed by atoms with Crippen LogP contribution in [-0.4, -0.2) is 181 Å². The largest absolute Gasteiger partial charge is 0.463 e. The molecule has 398 valence electrons. The zero-order valence-electron chi connectivity index (χ0n) is 41.6. The summed E-state index contributed by atoms with van der Waals surface area (Å²) in [6.45, 7) is 10.6. The second-order valence-corrected chi connectivity index (χ2v) is 16.7. The van der Waals surface area contributed by atoms with Crippen molar-refractivity contribution >= 4 is 53.4 Å². The molecule has 3 rings (SSSR count). The van der Waals surface area contributed by atoms with E-state index in [9.17, 15) is 43.2 Å². The number of carbonyl (C=O) groups excluding carboxylic acids is 9. The lowest BCUT2D eigenvalue weighted by Gasteiger charge is -2.44. The molecule has 0 radical (unpaired) electrons. The molecule has 3 amide bonds. The molecule has 71 heavy (non-hydrogen) atoms. The smallest absolute Gasteiger partial charge is 0.303 e. The number of rotatable bonds is 30. The van der Waals surface area contributed by atoms with Gasteiger partial charge in [-0.05, 0) is 6.42 Å². The fourth-order valence-electron chi connectivity index (χ4n) is 7.54. The molecule has 11 atom stereocenters. The van der Waals surface area contributed by atoms with Crippen LogP contribution in [0.4, 0.5) is 0 Å². The molecule has 2 saturated heterocycles. The maximum Gasteiger partial charge on any atom is 0.303 e. The average Bonchev–Trinajstić information content (AvgIpc) is 3.30. The molecule has 0 aliphatic carbocycles. The molecule has 1 aromatic carbocycles. The number of Topliss-reactive ketones (excluding diaryl/α,β-unsaturated/α-hetero) is 1. The number of ether oxygens (including phenoxy) is 11. The normalized spacial score (nSPS) is 24.3. The van der Waals surface area contributed by atoms with Crippen molar-refractivity contribution in [2.24, 2.45) is 11.8 Å². The molecule has 0 bridgehead atoms. The first-order valence-corrected chi connectivity index (χ1v) is 23.4. The molecular formula is C47H70N4O20. The van der Waals surface area contributed by atoms with Gasteiger partial charge in [0.1, 0.15) is 43.7 Å². The monoisotopic (exact) mass is 1010 g/mol. The molecule has 1 aromatic rings. The Morgan fingerprint density at radius 3 is 1.70 bits per heavy atom. The van der Waals surface area contributed by atoms with Gasteiger partial charge in [-0.3, -0.25) is 48.5 Å². The minimum atomic E-state index is -1.10. The Morgan fingerprint density at radius 1 is 0.592 bits per heavy atom. The van der Waals surface area contributed by atoms with Crippen molar-refractivity contribution < 1.29 is 95.3 Å². The number of amides is 3. The van der Waals surface area contributed by atoms with Gasteiger partial charge in [-0.15, -0.1) is 0 Å². The molecule has 0 aromatic heterocycles. The van der Waals surface area contributed by atoms with Crippen LogP contribution in [0.3, 0.4) is 0 Å². The van der Waals surface area contributed by atoms with Gasteiger partial charge in [0.2, 0.25) is 17.7 Å². The quantitative estimate of drug-likeness (QED) is 0.0343. The Labute approximate surface area is 412 Å². The Morgan fingerprint density at radius 2 is 1.13 bits per heavy atom. The third-order valence-electron chi connectivity index (χ3n) is 10.9. The summed E-state index contributed by atoms with van der Waals surface area (Å²) in [6.07, 6.45) is -6.71. The van der Waals surface area contributed by atoms with Crippen molar-refractivity contribution in [3.05, 3.63) is 35.9 Å². The molecule has 24 nitrogen and oxygen atoms in total. The minimum Gasteiger partial charge on any atom is -0.463 e. The van der Waals surface area contributed by atoms with Gasteiger partial charge in [0, 0.05) is 78.5 Å². The highest BCUT2D eigenvalue weighted by Gasteiger charge is 2.49. The summed E-state index contributed by atoms with van der Waals surface area (Å²) in [6, 6.07) is 6.69. The fraction of sp³-hybridized carbons (Fsp3) is 0.681. The molecule has 4 N–H and O–H groups in total. The highest BCUT2D eigenvalue weighted by molar-refractivity contribution is 5.98. The van der Waals surface area contributed by atoms with Gasteiger partial charge in [0.25, 0.3) is 0 Å². The molecule has 24 heteroatoms. The number of hydrogen-bond donors (Lipinski definition) is 4. The molecular weight excluding hydrogens is 941 g/mol. The average molecular weight is 1010 g/mol. The maximum atomic E-state index is 13.4. The van der Waals surface area contributed by atoms with E-state index in [0.29, 0.717) is 5.56 Å². The number of benzene rings is 1. The van der Waals surface area contributed by atoms with Crippen LogP contribution in [0.25, 0.3) is 0 Å². The fourth-order valence-corrected chi connectivity index (χ4v) is 7.54. The van der Waals surface area contributed by atoms with E-state index in [4.69, 9.17) is 52.1 Å². The van der Waals surface area contributed by atoms with Crippen molar-refractivity contribution in [2.75, 3.05) is 72.5 Å². The number of carbonyl (C=O) groups is 9. The van der Waals surface area contributed by atoms with Crippen LogP contribution in [0.1, 0.15) is 78.6 Å². The molecule has 2 aliphatic rings. The van der Waals surface area contributed by atoms with E-state index in [1.165, 1.54) is 41.5 Å². The first-order chi connectivity index (χ1) is 33.8. The van der Waals surface area contributed by atoms with Gasteiger partial charge >= 0.3 is 29.8 Å². The van der Waals surface area contributed by atoms with E-state index in [1.807, 2.05) is 0 Å². The first kappa shape index (κ1) is 59.7. The third-order valence-corrected chi connectivity index (χ3v) is 10.9. The van der Waals surface area contributed by atoms with Gasteiger partial charge in [-0.2, -0.15) is 0 Å². The second kappa shape index (κ2) is 31.7. The molecule has 0 saturated carbocycles. The van der Waals surface area contributed by atoms with Crippen molar-refractivity contribution in [1.82, 2.24) is 21.3 Å². The number of nitrogens with one attached hydrogen (secondary N) is 4. The van der Waals surface area contributed by atoms with Crippen LogP contribution in [-0.2, 0) is 90.5 Å². The lowest BCUT2D eigenvalue weighted by molar-refractivity contribution is -0.290. The van der Waals surface area contributed by atoms with Gasteiger partial charge in [-0.25, -0.2) is 0 Å². The summed E-state index contributed by atoms with van der Waals surface area (Å²) < 4.78 is 61.7. The molecule has 2 aliphatic heterocycles. The standard InChI is InChI=1S/C47H70N4O20/c1-27-38(25-65-30(4)53)70-47(41(51-29(3)52)42(27)67-32(6)55)64-23-21-62-19-17-49-45(60)36(50-24-37(58)35-12-10-9-11-13-35)14-15-40(59)48-16-18-61-20-22-63-46-28(2)43(68-33(7)56)44(69-34(8)57)39(71-46)26-66-31(5)54/h9-13,27-28,36,38-39,41-44,46-47,50H,14-26H2,1-8H3,(H,48,59)(H,49,60)(H,51,52). The van der Waals surface area contributed by atoms with Crippen molar-refractivity contribution in [3.8, 4) is 0 Å². The minimum absolute atomic E-state index is 0.0203.